The molecule has 0 aliphatic carbocycles. The van der Waals surface area contributed by atoms with Crippen LogP contribution in [0.25, 0.3) is 0 Å². The third-order valence-electron chi connectivity index (χ3n) is 5.06. The van der Waals surface area contributed by atoms with Crippen LogP contribution in [0.1, 0.15) is 24.3 Å². The summed E-state index contributed by atoms with van der Waals surface area (Å²) in [5, 5.41) is 10.5. The third-order valence-corrected chi connectivity index (χ3v) is 5.36. The molecule has 7 nitrogen and oxygen atoms in total. The minimum Gasteiger partial charge on any atom is -0.495 e. The summed E-state index contributed by atoms with van der Waals surface area (Å²) in [6, 6.07) is 18.5. The molecule has 0 spiro atoms. The molecule has 3 aromatic rings. The van der Waals surface area contributed by atoms with E-state index >= 15 is 0 Å². The zero-order chi connectivity index (χ0) is 22.0. The van der Waals surface area contributed by atoms with E-state index in [2.05, 4.69) is 15.8 Å². The first-order valence-corrected chi connectivity index (χ1v) is 10.1. The van der Waals surface area contributed by atoms with Gasteiger partial charge in [0.05, 0.1) is 24.4 Å². The van der Waals surface area contributed by atoms with Crippen LogP contribution in [0, 0.1) is 6.92 Å². The lowest BCUT2D eigenvalue weighted by atomic mass is 9.94. The fraction of sp³-hybridized carbons (Fsp3) is 0.174. The van der Waals surface area contributed by atoms with Gasteiger partial charge < -0.3 is 19.9 Å². The number of rotatable bonds is 5. The second kappa shape index (κ2) is 8.61. The molecule has 4 rings (SSSR count). The predicted octanol–water partition coefficient (Wildman–Crippen LogP) is 4.34. The minimum absolute atomic E-state index is 0.297. The Labute approximate surface area is 185 Å². The molecule has 1 aliphatic rings. The average molecular weight is 435 g/mol. The molecule has 0 radical (unpaired) electrons. The lowest BCUT2D eigenvalue weighted by Crippen LogP contribution is -2.48. The van der Waals surface area contributed by atoms with Crippen molar-refractivity contribution in [3.8, 4) is 5.75 Å². The molecule has 8 heteroatoms. The van der Waals surface area contributed by atoms with E-state index < -0.39 is 6.04 Å². The molecule has 2 aromatic carbocycles. The van der Waals surface area contributed by atoms with Crippen molar-refractivity contribution in [1.82, 2.24) is 10.5 Å². The van der Waals surface area contributed by atoms with Crippen molar-refractivity contribution in [2.75, 3.05) is 17.3 Å². The molecule has 0 unspecified atom stereocenters. The van der Waals surface area contributed by atoms with Crippen molar-refractivity contribution in [2.45, 2.75) is 19.9 Å². The van der Waals surface area contributed by atoms with Gasteiger partial charge in [-0.05, 0) is 43.8 Å². The third kappa shape index (κ3) is 4.02. The Morgan fingerprint density at radius 2 is 1.87 bits per heavy atom. The molecule has 1 atom stereocenters. The zero-order valence-corrected chi connectivity index (χ0v) is 18.2. The van der Waals surface area contributed by atoms with Gasteiger partial charge in [-0.2, -0.15) is 0 Å². The summed E-state index contributed by atoms with van der Waals surface area (Å²) in [4.78, 5) is 15.2. The maximum atomic E-state index is 13.4. The van der Waals surface area contributed by atoms with Crippen LogP contribution >= 0.6 is 12.2 Å². The van der Waals surface area contributed by atoms with Crippen molar-refractivity contribution in [1.29, 1.82) is 0 Å². The van der Waals surface area contributed by atoms with E-state index in [1.165, 1.54) is 0 Å². The fourth-order valence-corrected chi connectivity index (χ4v) is 4.00. The zero-order valence-electron chi connectivity index (χ0n) is 17.4. The first kappa shape index (κ1) is 20.6. The van der Waals surface area contributed by atoms with Gasteiger partial charge >= 0.3 is 0 Å². The van der Waals surface area contributed by atoms with Gasteiger partial charge in [-0.1, -0.05) is 47.6 Å². The lowest BCUT2D eigenvalue weighted by Gasteiger charge is -2.38. The summed E-state index contributed by atoms with van der Waals surface area (Å²) in [5.74, 6) is 1.32. The van der Waals surface area contributed by atoms with E-state index in [0.29, 0.717) is 33.7 Å². The van der Waals surface area contributed by atoms with Gasteiger partial charge in [-0.25, -0.2) is 0 Å². The second-order valence-electron chi connectivity index (χ2n) is 7.08. The molecule has 158 valence electrons. The number of carbonyl (C=O) groups is 1. The van der Waals surface area contributed by atoms with Crippen molar-refractivity contribution in [3.63, 3.8) is 0 Å². The molecule has 0 saturated heterocycles. The SMILES string of the molecule is COc1ccccc1N1C(=S)N[C@H](c2ccccc2)C(C(=O)Nc2cc(C)on2)=C1C. The molecule has 1 aromatic heterocycles. The Hall–Kier alpha value is -3.65. The molecular weight excluding hydrogens is 412 g/mol. The number of aryl methyl sites for hydroxylation is 1. The Kier molecular flexibility index (Phi) is 5.73. The number of nitrogens with one attached hydrogen (secondary N) is 2. The van der Waals surface area contributed by atoms with Crippen LogP contribution in [-0.2, 0) is 4.79 Å². The highest BCUT2D eigenvalue weighted by Crippen LogP contribution is 2.37. The van der Waals surface area contributed by atoms with E-state index in [1.54, 1.807) is 20.1 Å². The van der Waals surface area contributed by atoms with E-state index in [0.717, 1.165) is 11.3 Å². The lowest BCUT2D eigenvalue weighted by molar-refractivity contribution is -0.113. The molecule has 1 aliphatic heterocycles. The van der Waals surface area contributed by atoms with E-state index in [-0.39, 0.29) is 5.91 Å². The number of para-hydroxylation sites is 2. The van der Waals surface area contributed by atoms with Crippen LogP contribution in [0.3, 0.4) is 0 Å². The largest absolute Gasteiger partial charge is 0.495 e. The number of hydrogen-bond acceptors (Lipinski definition) is 5. The van der Waals surface area contributed by atoms with Crippen molar-refractivity contribution in [2.24, 2.45) is 0 Å². The quantitative estimate of drug-likeness (QED) is 0.578. The summed E-state index contributed by atoms with van der Waals surface area (Å²) in [6.45, 7) is 3.64. The topological polar surface area (TPSA) is 79.6 Å². The number of aromatic nitrogens is 1. The van der Waals surface area contributed by atoms with Gasteiger partial charge in [0.15, 0.2) is 10.9 Å². The van der Waals surface area contributed by atoms with Crippen LogP contribution in [0.2, 0.25) is 0 Å². The maximum Gasteiger partial charge on any atom is 0.257 e. The van der Waals surface area contributed by atoms with Gasteiger partial charge in [0.1, 0.15) is 11.5 Å². The number of allylic oxidation sites excluding steroid dienone is 1. The Bertz CT molecular complexity index is 1160. The molecule has 1 amide bonds. The monoisotopic (exact) mass is 434 g/mol. The number of hydrogen-bond donors (Lipinski definition) is 2. The highest BCUT2D eigenvalue weighted by Gasteiger charge is 2.35. The Balaban J connectivity index is 1.83. The van der Waals surface area contributed by atoms with Crippen LogP contribution in [0.15, 0.2) is 76.5 Å². The molecule has 0 saturated carbocycles. The highest BCUT2D eigenvalue weighted by atomic mass is 32.1. The van der Waals surface area contributed by atoms with E-state index in [1.807, 2.05) is 66.4 Å². The Morgan fingerprint density at radius 3 is 2.55 bits per heavy atom. The number of amides is 1. The maximum absolute atomic E-state index is 13.4. The highest BCUT2D eigenvalue weighted by molar-refractivity contribution is 7.80. The summed E-state index contributed by atoms with van der Waals surface area (Å²) in [7, 11) is 1.60. The number of methoxy groups -OCH3 is 1. The molecular formula is C23H22N4O3S. The first-order chi connectivity index (χ1) is 15.0. The second-order valence-corrected chi connectivity index (χ2v) is 7.46. The van der Waals surface area contributed by atoms with Crippen molar-refractivity contribution < 1.29 is 14.1 Å². The number of nitrogens with zero attached hydrogens (tertiary/aromatic N) is 2. The van der Waals surface area contributed by atoms with E-state index in [4.69, 9.17) is 21.5 Å². The number of carbonyl (C=O) groups excluding carboxylic acids is 1. The molecule has 31 heavy (non-hydrogen) atoms. The minimum atomic E-state index is -0.423. The number of ether oxygens (including phenoxy) is 1. The average Bonchev–Trinajstić information content (AvgIpc) is 3.18. The van der Waals surface area contributed by atoms with Crippen LogP contribution in [-0.4, -0.2) is 23.3 Å². The van der Waals surface area contributed by atoms with Crippen molar-refractivity contribution in [3.05, 3.63) is 83.3 Å². The van der Waals surface area contributed by atoms with Crippen LogP contribution in [0.4, 0.5) is 11.5 Å². The van der Waals surface area contributed by atoms with Crippen molar-refractivity contribution >= 4 is 34.7 Å². The number of anilines is 2. The standard InChI is InChI=1S/C23H22N4O3S/c1-14-13-19(26-30-14)24-22(28)20-15(2)27(17-11-7-8-12-18(17)29-3)23(31)25-21(20)16-9-5-4-6-10-16/h4-13,21H,1-3H3,(H,25,31)(H,24,26,28)/t21-/m1/s1. The van der Waals surface area contributed by atoms with Gasteiger partial charge in [-0.3, -0.25) is 9.69 Å². The van der Waals surface area contributed by atoms with E-state index in [9.17, 15) is 4.79 Å². The van der Waals surface area contributed by atoms with Gasteiger partial charge in [-0.15, -0.1) is 0 Å². The van der Waals surface area contributed by atoms with Crippen LogP contribution < -0.4 is 20.3 Å². The number of thiocarbonyl (C=S) groups is 1. The normalized spacial score (nSPS) is 16.2. The smallest absolute Gasteiger partial charge is 0.257 e. The fourth-order valence-electron chi connectivity index (χ4n) is 3.65. The predicted molar refractivity (Wildman–Crippen MR) is 123 cm³/mol. The van der Waals surface area contributed by atoms with Crippen LogP contribution in [0.5, 0.6) is 5.75 Å². The Morgan fingerprint density at radius 1 is 1.16 bits per heavy atom. The van der Waals surface area contributed by atoms with Gasteiger partial charge in [0.2, 0.25) is 0 Å². The molecule has 2 heterocycles. The van der Waals surface area contributed by atoms with Gasteiger partial charge in [0.25, 0.3) is 5.91 Å². The summed E-state index contributed by atoms with van der Waals surface area (Å²) < 4.78 is 10.6. The molecule has 2 N–H and O–H groups in total. The first-order valence-electron chi connectivity index (χ1n) is 9.73. The summed E-state index contributed by atoms with van der Waals surface area (Å²) in [5.41, 5.74) is 2.88. The molecule has 0 fully saturated rings. The molecule has 0 bridgehead atoms. The van der Waals surface area contributed by atoms with Gasteiger partial charge in [0, 0.05) is 11.8 Å². The summed E-state index contributed by atoms with van der Waals surface area (Å²) >= 11 is 5.71. The summed E-state index contributed by atoms with van der Waals surface area (Å²) in [6.07, 6.45) is 0. The number of benzene rings is 2.